The fraction of sp³-hybridized carbons (Fsp3) is 0.778. The molecule has 1 aromatic rings. The van der Waals surface area contributed by atoms with Crippen LogP contribution in [0, 0.1) is 0 Å². The topological polar surface area (TPSA) is 68.1 Å². The monoisotopic (exact) mass is 276 g/mol. The summed E-state index contributed by atoms with van der Waals surface area (Å²) in [5, 5.41) is 8.22. The van der Waals surface area contributed by atoms with Gasteiger partial charge in [-0.15, -0.1) is 10.2 Å². The maximum absolute atomic E-state index is 11.4. The Balaban J connectivity index is 2.20. The van der Waals surface area contributed by atoms with Crippen molar-refractivity contribution in [2.24, 2.45) is 0 Å². The van der Waals surface area contributed by atoms with E-state index in [1.54, 1.807) is 7.05 Å². The summed E-state index contributed by atoms with van der Waals surface area (Å²) in [6.07, 6.45) is 2.10. The van der Waals surface area contributed by atoms with E-state index in [4.69, 9.17) is 0 Å². The highest BCUT2D eigenvalue weighted by atomic mass is 32.2. The van der Waals surface area contributed by atoms with E-state index in [0.29, 0.717) is 0 Å². The minimum absolute atomic E-state index is 0.288. The normalized spacial score (nSPS) is 16.9. The molecule has 0 radical (unpaired) electrons. The zero-order valence-electron chi connectivity index (χ0n) is 9.96. The number of fused-ring (bicyclic) bond motifs is 1. The smallest absolute Gasteiger partial charge is 0.211 e. The van der Waals surface area contributed by atoms with Crippen LogP contribution in [0.2, 0.25) is 0 Å². The van der Waals surface area contributed by atoms with Gasteiger partial charge >= 0.3 is 0 Å². The SMILES string of the molecule is CN(Cc1nnc2n1CCSCC2)S(C)(=O)=O. The predicted molar refractivity (Wildman–Crippen MR) is 67.4 cm³/mol. The van der Waals surface area contributed by atoms with Crippen LogP contribution in [0.4, 0.5) is 0 Å². The molecule has 8 heteroatoms. The molecule has 0 aliphatic carbocycles. The molecule has 1 aliphatic heterocycles. The quantitative estimate of drug-likeness (QED) is 0.775. The minimum Gasteiger partial charge on any atom is -0.313 e. The summed E-state index contributed by atoms with van der Waals surface area (Å²) >= 11 is 1.89. The lowest BCUT2D eigenvalue weighted by atomic mass is 10.4. The van der Waals surface area contributed by atoms with Crippen LogP contribution in [0.25, 0.3) is 0 Å². The molecule has 0 bridgehead atoms. The Bertz CT molecular complexity index is 497. The van der Waals surface area contributed by atoms with Crippen LogP contribution >= 0.6 is 11.8 Å². The Kier molecular flexibility index (Phi) is 3.74. The van der Waals surface area contributed by atoms with Crippen molar-refractivity contribution in [2.45, 2.75) is 19.5 Å². The molecule has 0 saturated carbocycles. The van der Waals surface area contributed by atoms with Gasteiger partial charge in [0.15, 0.2) is 0 Å². The summed E-state index contributed by atoms with van der Waals surface area (Å²) in [6.45, 7) is 1.15. The van der Waals surface area contributed by atoms with Crippen molar-refractivity contribution in [1.82, 2.24) is 19.1 Å². The summed E-state index contributed by atoms with van der Waals surface area (Å²) < 4.78 is 26.1. The number of hydrogen-bond acceptors (Lipinski definition) is 5. The fourth-order valence-corrected chi connectivity index (χ4v) is 2.86. The molecule has 0 N–H and O–H groups in total. The van der Waals surface area contributed by atoms with E-state index >= 15 is 0 Å². The van der Waals surface area contributed by atoms with E-state index in [-0.39, 0.29) is 6.54 Å². The molecule has 6 nitrogen and oxygen atoms in total. The highest BCUT2D eigenvalue weighted by Gasteiger charge is 2.19. The molecule has 0 aromatic carbocycles. The van der Waals surface area contributed by atoms with Gasteiger partial charge in [0.25, 0.3) is 0 Å². The molecule has 0 amide bonds. The van der Waals surface area contributed by atoms with Gasteiger partial charge in [-0.2, -0.15) is 16.1 Å². The molecule has 0 unspecified atom stereocenters. The maximum Gasteiger partial charge on any atom is 0.211 e. The molecule has 1 aliphatic rings. The predicted octanol–water partition coefficient (Wildman–Crippen LogP) is -0.0412. The van der Waals surface area contributed by atoms with Gasteiger partial charge in [0, 0.05) is 31.5 Å². The average molecular weight is 276 g/mol. The maximum atomic E-state index is 11.4. The Morgan fingerprint density at radius 1 is 1.41 bits per heavy atom. The lowest BCUT2D eigenvalue weighted by molar-refractivity contribution is 0.451. The van der Waals surface area contributed by atoms with Gasteiger partial charge in [-0.3, -0.25) is 0 Å². The number of thioether (sulfide) groups is 1. The first-order chi connectivity index (χ1) is 7.98. The van der Waals surface area contributed by atoms with Crippen molar-refractivity contribution < 1.29 is 8.42 Å². The molecule has 0 spiro atoms. The van der Waals surface area contributed by atoms with E-state index < -0.39 is 10.0 Å². The van der Waals surface area contributed by atoms with Crippen LogP contribution in [0.3, 0.4) is 0 Å². The van der Waals surface area contributed by atoms with Crippen molar-refractivity contribution in [2.75, 3.05) is 24.8 Å². The molecular formula is C9H16N4O2S2. The molecular weight excluding hydrogens is 260 g/mol. The number of nitrogens with zero attached hydrogens (tertiary/aromatic N) is 4. The Morgan fingerprint density at radius 2 is 2.18 bits per heavy atom. The van der Waals surface area contributed by atoms with Crippen LogP contribution in [0.5, 0.6) is 0 Å². The van der Waals surface area contributed by atoms with Crippen LogP contribution in [-0.2, 0) is 29.5 Å². The van der Waals surface area contributed by atoms with Crippen molar-refractivity contribution in [3.05, 3.63) is 11.6 Å². The Labute approximate surface area is 105 Å². The lowest BCUT2D eigenvalue weighted by Gasteiger charge is -2.14. The van der Waals surface area contributed by atoms with Gasteiger partial charge in [-0.25, -0.2) is 8.42 Å². The first-order valence-electron chi connectivity index (χ1n) is 5.38. The number of rotatable bonds is 3. The standard InChI is InChI=1S/C9H16N4O2S2/c1-12(17(2,14)15)7-9-11-10-8-3-5-16-6-4-13(8)9/h3-7H2,1-2H3. The molecule has 17 heavy (non-hydrogen) atoms. The zero-order chi connectivity index (χ0) is 12.5. The second kappa shape index (κ2) is 4.95. The number of aryl methyl sites for hydroxylation is 1. The summed E-state index contributed by atoms with van der Waals surface area (Å²) in [7, 11) is -1.61. The Hall–Kier alpha value is -0.600. The third kappa shape index (κ3) is 2.99. The zero-order valence-corrected chi connectivity index (χ0v) is 11.6. The second-order valence-electron chi connectivity index (χ2n) is 4.07. The molecule has 0 saturated heterocycles. The first-order valence-corrected chi connectivity index (χ1v) is 8.39. The first kappa shape index (κ1) is 12.8. The molecule has 0 atom stereocenters. The summed E-state index contributed by atoms with van der Waals surface area (Å²) in [5.74, 6) is 3.78. The minimum atomic E-state index is -3.17. The van der Waals surface area contributed by atoms with E-state index in [0.717, 1.165) is 36.1 Å². The largest absolute Gasteiger partial charge is 0.313 e. The fourth-order valence-electron chi connectivity index (χ4n) is 1.67. The average Bonchev–Trinajstić information content (AvgIpc) is 2.48. The van der Waals surface area contributed by atoms with Crippen molar-refractivity contribution in [3.8, 4) is 0 Å². The van der Waals surface area contributed by atoms with E-state index in [1.807, 2.05) is 16.3 Å². The molecule has 2 rings (SSSR count). The molecule has 1 aromatic heterocycles. The summed E-state index contributed by atoms with van der Waals surface area (Å²) in [6, 6.07) is 0. The van der Waals surface area contributed by atoms with E-state index in [1.165, 1.54) is 10.6 Å². The third-order valence-electron chi connectivity index (χ3n) is 2.76. The van der Waals surface area contributed by atoms with E-state index in [2.05, 4.69) is 10.2 Å². The van der Waals surface area contributed by atoms with Gasteiger partial charge < -0.3 is 4.57 Å². The third-order valence-corrected chi connectivity index (χ3v) is 4.99. The number of aromatic nitrogens is 3. The van der Waals surface area contributed by atoms with Gasteiger partial charge in [0.05, 0.1) is 12.8 Å². The van der Waals surface area contributed by atoms with Crippen molar-refractivity contribution >= 4 is 21.8 Å². The van der Waals surface area contributed by atoms with Gasteiger partial charge in [-0.05, 0) is 0 Å². The van der Waals surface area contributed by atoms with Crippen molar-refractivity contribution in [1.29, 1.82) is 0 Å². The number of hydrogen-bond donors (Lipinski definition) is 0. The molecule has 0 fully saturated rings. The summed E-state index contributed by atoms with van der Waals surface area (Å²) in [4.78, 5) is 0. The molecule has 96 valence electrons. The summed E-state index contributed by atoms with van der Waals surface area (Å²) in [5.41, 5.74) is 0. The highest BCUT2D eigenvalue weighted by Crippen LogP contribution is 2.15. The highest BCUT2D eigenvalue weighted by molar-refractivity contribution is 7.99. The van der Waals surface area contributed by atoms with Crippen LogP contribution in [0.15, 0.2) is 0 Å². The lowest BCUT2D eigenvalue weighted by Crippen LogP contribution is -2.27. The molecule has 2 heterocycles. The van der Waals surface area contributed by atoms with Crippen LogP contribution in [0.1, 0.15) is 11.6 Å². The van der Waals surface area contributed by atoms with E-state index in [9.17, 15) is 8.42 Å². The Morgan fingerprint density at radius 3 is 2.88 bits per heavy atom. The van der Waals surface area contributed by atoms with Gasteiger partial charge in [0.2, 0.25) is 10.0 Å². The van der Waals surface area contributed by atoms with Crippen molar-refractivity contribution in [3.63, 3.8) is 0 Å². The second-order valence-corrected chi connectivity index (χ2v) is 7.38. The van der Waals surface area contributed by atoms with Gasteiger partial charge in [0.1, 0.15) is 11.6 Å². The van der Waals surface area contributed by atoms with Crippen LogP contribution in [-0.4, -0.2) is 52.3 Å². The van der Waals surface area contributed by atoms with Gasteiger partial charge in [-0.1, -0.05) is 0 Å². The number of sulfonamides is 1. The van der Waals surface area contributed by atoms with Crippen LogP contribution < -0.4 is 0 Å².